The molecule has 120 valence electrons. The normalized spacial score (nSPS) is 25.9. The highest BCUT2D eigenvalue weighted by atomic mass is 79.9. The fourth-order valence-corrected chi connectivity index (χ4v) is 5.25. The summed E-state index contributed by atoms with van der Waals surface area (Å²) in [5, 5.41) is 20.4. The number of halogens is 1. The van der Waals surface area contributed by atoms with E-state index in [1.807, 2.05) is 12.1 Å². The highest BCUT2D eigenvalue weighted by Crippen LogP contribution is 2.54. The summed E-state index contributed by atoms with van der Waals surface area (Å²) in [5.74, 6) is 2.45. The van der Waals surface area contributed by atoms with Crippen LogP contribution >= 0.6 is 15.9 Å². The van der Waals surface area contributed by atoms with Gasteiger partial charge in [-0.15, -0.1) is 0 Å². The molecule has 0 aromatic heterocycles. The highest BCUT2D eigenvalue weighted by molar-refractivity contribution is 9.08. The number of fused-ring (bicyclic) bond motifs is 3. The molecule has 0 aliphatic heterocycles. The molecule has 2 aromatic rings. The van der Waals surface area contributed by atoms with E-state index in [0.29, 0.717) is 29.3 Å². The van der Waals surface area contributed by atoms with Crippen molar-refractivity contribution < 1.29 is 10.2 Å². The summed E-state index contributed by atoms with van der Waals surface area (Å²) in [5.41, 5.74) is 5.34. The number of phenolic OH excluding ortho intramolecular Hbond substituents is 2. The largest absolute Gasteiger partial charge is 0.508 e. The minimum Gasteiger partial charge on any atom is -0.508 e. The number of rotatable bonds is 2. The second-order valence-electron chi connectivity index (χ2n) is 6.91. The van der Waals surface area contributed by atoms with Crippen LogP contribution in [0.5, 0.6) is 11.5 Å². The van der Waals surface area contributed by atoms with E-state index in [-0.39, 0.29) is 0 Å². The molecule has 0 unspecified atom stereocenters. The van der Waals surface area contributed by atoms with E-state index in [0.717, 1.165) is 11.8 Å². The van der Waals surface area contributed by atoms with Gasteiger partial charge < -0.3 is 10.2 Å². The molecule has 0 spiro atoms. The molecular weight excluding hydrogens is 352 g/mol. The van der Waals surface area contributed by atoms with E-state index >= 15 is 0 Å². The third-order valence-electron chi connectivity index (χ3n) is 5.74. The Morgan fingerprint density at radius 3 is 2.48 bits per heavy atom. The molecule has 2 aliphatic carbocycles. The molecule has 3 heteroatoms. The van der Waals surface area contributed by atoms with Gasteiger partial charge in [0, 0.05) is 5.33 Å². The summed E-state index contributed by atoms with van der Waals surface area (Å²) in [7, 11) is 0. The Bertz CT molecular complexity index is 723. The molecule has 0 bridgehead atoms. The molecule has 0 radical (unpaired) electrons. The van der Waals surface area contributed by atoms with Crippen molar-refractivity contribution in [3.05, 3.63) is 58.7 Å². The molecule has 1 fully saturated rings. The Kier molecular flexibility index (Phi) is 3.84. The van der Waals surface area contributed by atoms with Crippen LogP contribution < -0.4 is 0 Å². The van der Waals surface area contributed by atoms with Gasteiger partial charge in [-0.05, 0) is 83.5 Å². The van der Waals surface area contributed by atoms with Gasteiger partial charge in [0.15, 0.2) is 0 Å². The number of alkyl halides is 1. The first-order valence-electron chi connectivity index (χ1n) is 8.37. The van der Waals surface area contributed by atoms with Crippen LogP contribution in [0.1, 0.15) is 53.4 Å². The predicted octanol–water partition coefficient (Wildman–Crippen LogP) is 5.22. The van der Waals surface area contributed by atoms with E-state index in [9.17, 15) is 10.2 Å². The van der Waals surface area contributed by atoms with Gasteiger partial charge in [0.1, 0.15) is 11.5 Å². The summed E-state index contributed by atoms with van der Waals surface area (Å²) in [4.78, 5) is 0. The van der Waals surface area contributed by atoms with Crippen LogP contribution in [0, 0.1) is 5.92 Å². The zero-order valence-corrected chi connectivity index (χ0v) is 14.6. The molecule has 0 amide bonds. The standard InChI is InChI=1S/C20H21BrO2/c21-11-13-8-15(23)9-20-17-3-1-2-16(17)18(10-19(13)20)12-4-6-14(22)7-5-12/h4-9,16-18,22-23H,1-3,10-11H2/t16-,17+,18-/m0/s1. The van der Waals surface area contributed by atoms with Crippen LogP contribution in [0.4, 0.5) is 0 Å². The average molecular weight is 373 g/mol. The fraction of sp³-hybridized carbons (Fsp3) is 0.400. The molecule has 23 heavy (non-hydrogen) atoms. The van der Waals surface area contributed by atoms with Crippen LogP contribution in [-0.4, -0.2) is 10.2 Å². The quantitative estimate of drug-likeness (QED) is 0.709. The van der Waals surface area contributed by atoms with Gasteiger partial charge >= 0.3 is 0 Å². The maximum Gasteiger partial charge on any atom is 0.116 e. The number of hydrogen-bond acceptors (Lipinski definition) is 2. The van der Waals surface area contributed by atoms with E-state index in [2.05, 4.69) is 28.1 Å². The third kappa shape index (κ3) is 2.55. The Morgan fingerprint density at radius 1 is 0.957 bits per heavy atom. The molecule has 2 aromatic carbocycles. The molecule has 2 nitrogen and oxygen atoms in total. The van der Waals surface area contributed by atoms with Crippen molar-refractivity contribution in [2.45, 2.75) is 42.8 Å². The first-order valence-corrected chi connectivity index (χ1v) is 9.49. The summed E-state index contributed by atoms with van der Waals surface area (Å²) >= 11 is 3.58. The van der Waals surface area contributed by atoms with Crippen LogP contribution in [0.2, 0.25) is 0 Å². The highest BCUT2D eigenvalue weighted by Gasteiger charge is 2.41. The Morgan fingerprint density at radius 2 is 1.74 bits per heavy atom. The molecule has 2 N–H and O–H groups in total. The van der Waals surface area contributed by atoms with Gasteiger partial charge in [-0.1, -0.05) is 34.5 Å². The van der Waals surface area contributed by atoms with E-state index in [1.165, 1.54) is 41.5 Å². The van der Waals surface area contributed by atoms with Crippen molar-refractivity contribution >= 4 is 15.9 Å². The van der Waals surface area contributed by atoms with Crippen molar-refractivity contribution in [2.75, 3.05) is 0 Å². The number of phenols is 2. The average Bonchev–Trinajstić information content (AvgIpc) is 3.04. The van der Waals surface area contributed by atoms with Crippen molar-refractivity contribution in [1.29, 1.82) is 0 Å². The molecular formula is C20H21BrO2. The van der Waals surface area contributed by atoms with Gasteiger partial charge in [-0.3, -0.25) is 0 Å². The number of benzene rings is 2. The molecule has 0 saturated heterocycles. The van der Waals surface area contributed by atoms with Gasteiger partial charge in [-0.2, -0.15) is 0 Å². The van der Waals surface area contributed by atoms with E-state index < -0.39 is 0 Å². The maximum absolute atomic E-state index is 10.1. The summed E-state index contributed by atoms with van der Waals surface area (Å²) in [6.07, 6.45) is 4.78. The Balaban J connectivity index is 1.81. The second kappa shape index (κ2) is 5.86. The minimum absolute atomic E-state index is 0.332. The lowest BCUT2D eigenvalue weighted by atomic mass is 9.67. The Hall–Kier alpha value is -1.48. The SMILES string of the molecule is Oc1ccc([C@@H]2Cc3c(CBr)cc(O)cc3[C@@H]3CCC[C@H]23)cc1. The lowest BCUT2D eigenvalue weighted by molar-refractivity contribution is 0.362. The zero-order chi connectivity index (χ0) is 16.0. The third-order valence-corrected chi connectivity index (χ3v) is 6.34. The summed E-state index contributed by atoms with van der Waals surface area (Å²) < 4.78 is 0. The van der Waals surface area contributed by atoms with Crippen molar-refractivity contribution in [3.8, 4) is 11.5 Å². The summed E-state index contributed by atoms with van der Waals surface area (Å²) in [6, 6.07) is 11.7. The predicted molar refractivity (Wildman–Crippen MR) is 95.4 cm³/mol. The van der Waals surface area contributed by atoms with Crippen molar-refractivity contribution in [2.24, 2.45) is 5.92 Å². The lowest BCUT2D eigenvalue weighted by Gasteiger charge is -2.37. The minimum atomic E-state index is 0.332. The number of hydrogen-bond donors (Lipinski definition) is 2. The van der Waals surface area contributed by atoms with Crippen LogP contribution in [0.3, 0.4) is 0 Å². The van der Waals surface area contributed by atoms with Gasteiger partial charge in [0.25, 0.3) is 0 Å². The van der Waals surface area contributed by atoms with E-state index in [1.54, 1.807) is 12.1 Å². The molecule has 2 aliphatic rings. The molecule has 4 rings (SSSR count). The van der Waals surface area contributed by atoms with Gasteiger partial charge in [0.2, 0.25) is 0 Å². The van der Waals surface area contributed by atoms with Crippen molar-refractivity contribution in [3.63, 3.8) is 0 Å². The fourth-order valence-electron chi connectivity index (χ4n) is 4.75. The van der Waals surface area contributed by atoms with E-state index in [4.69, 9.17) is 0 Å². The molecule has 3 atom stereocenters. The smallest absolute Gasteiger partial charge is 0.116 e. The molecule has 1 saturated carbocycles. The van der Waals surface area contributed by atoms with Gasteiger partial charge in [0.05, 0.1) is 0 Å². The summed E-state index contributed by atoms with van der Waals surface area (Å²) in [6.45, 7) is 0. The van der Waals surface area contributed by atoms with Crippen LogP contribution in [-0.2, 0) is 11.8 Å². The van der Waals surface area contributed by atoms with Crippen LogP contribution in [0.15, 0.2) is 36.4 Å². The van der Waals surface area contributed by atoms with Crippen LogP contribution in [0.25, 0.3) is 0 Å². The topological polar surface area (TPSA) is 40.5 Å². The Labute approximate surface area is 145 Å². The maximum atomic E-state index is 10.1. The first-order chi connectivity index (χ1) is 11.2. The van der Waals surface area contributed by atoms with Gasteiger partial charge in [-0.25, -0.2) is 0 Å². The van der Waals surface area contributed by atoms with Crippen molar-refractivity contribution in [1.82, 2.24) is 0 Å². The molecule has 0 heterocycles. The second-order valence-corrected chi connectivity index (χ2v) is 7.47. The monoisotopic (exact) mass is 372 g/mol. The lowest BCUT2D eigenvalue weighted by Crippen LogP contribution is -2.25. The first kappa shape index (κ1) is 15.1. The number of aromatic hydroxyl groups is 2. The zero-order valence-electron chi connectivity index (χ0n) is 13.0.